The number of benzene rings is 3. The number of para-hydroxylation sites is 1. The smallest absolute Gasteiger partial charge is 0.250 e. The van der Waals surface area contributed by atoms with E-state index in [-0.39, 0.29) is 23.7 Å². The molecule has 0 bridgehead atoms. The van der Waals surface area contributed by atoms with Crippen molar-refractivity contribution in [3.63, 3.8) is 0 Å². The third-order valence-corrected chi connectivity index (χ3v) is 9.49. The van der Waals surface area contributed by atoms with Crippen LogP contribution in [0.3, 0.4) is 0 Å². The summed E-state index contributed by atoms with van der Waals surface area (Å²) in [5.41, 5.74) is 2.73. The first-order valence-electron chi connectivity index (χ1n) is 11.5. The maximum Gasteiger partial charge on any atom is 0.250 e. The van der Waals surface area contributed by atoms with Gasteiger partial charge in [0, 0.05) is 43.8 Å². The Balaban J connectivity index is 1.52. The Bertz CT molecular complexity index is 1340. The van der Waals surface area contributed by atoms with E-state index in [2.05, 4.69) is 54.2 Å². The predicted octanol–water partition coefficient (Wildman–Crippen LogP) is 6.43. The molecule has 1 spiro atoms. The lowest BCUT2D eigenvalue weighted by Crippen LogP contribution is -2.52. The molecule has 1 N–H and O–H groups in total. The van der Waals surface area contributed by atoms with Gasteiger partial charge in [-0.2, -0.15) is 0 Å². The summed E-state index contributed by atoms with van der Waals surface area (Å²) in [6.45, 7) is 0. The number of rotatable bonds is 4. The number of allylic oxidation sites excluding steroid dienone is 1. The highest BCUT2D eigenvalue weighted by molar-refractivity contribution is 9.10. The summed E-state index contributed by atoms with van der Waals surface area (Å²) in [5.74, 6) is 0.855. The second-order valence-corrected chi connectivity index (χ2v) is 12.0. The van der Waals surface area contributed by atoms with Crippen molar-refractivity contribution in [1.82, 2.24) is 4.90 Å². The van der Waals surface area contributed by atoms with Crippen molar-refractivity contribution in [1.29, 1.82) is 0 Å². The molecule has 0 aliphatic carbocycles. The molecule has 3 aromatic rings. The summed E-state index contributed by atoms with van der Waals surface area (Å²) in [6, 6.07) is 24.0. The standard InChI is InChI=1S/C28H22Br2N2O2S/c29-19-10-5-17(6-11-19)7-14-24(33)26-25(18-8-12-20(30)13-9-18)23-15-35-16-32(23)28(26)21-3-1-2-4-22(21)31-27(28)34/h1-14,23,25-26H,15-16H2,(H,31,34)/b14-7+/t23-,25-,26+,28+/m1/s1. The van der Waals surface area contributed by atoms with Gasteiger partial charge in [0.2, 0.25) is 5.91 Å². The van der Waals surface area contributed by atoms with Crippen LogP contribution in [0.1, 0.15) is 22.6 Å². The highest BCUT2D eigenvalue weighted by Gasteiger charge is 2.69. The molecule has 0 radical (unpaired) electrons. The number of anilines is 1. The van der Waals surface area contributed by atoms with Crippen LogP contribution in [-0.4, -0.2) is 34.3 Å². The molecule has 3 aromatic carbocycles. The number of amides is 1. The Hall–Kier alpha value is -2.19. The number of nitrogens with zero attached hydrogens (tertiary/aromatic N) is 1. The first-order chi connectivity index (χ1) is 17.0. The molecule has 0 saturated carbocycles. The summed E-state index contributed by atoms with van der Waals surface area (Å²) in [5, 5.41) is 3.11. The SMILES string of the molecule is O=C(/C=C/c1ccc(Br)cc1)[C@H]1[C@H](c2ccc(Br)cc2)[C@H]2CSCN2[C@]12C(=O)Nc1ccccc12. The van der Waals surface area contributed by atoms with E-state index in [4.69, 9.17) is 0 Å². The molecule has 4 nitrogen and oxygen atoms in total. The van der Waals surface area contributed by atoms with E-state index in [1.165, 1.54) is 0 Å². The first-order valence-corrected chi connectivity index (χ1v) is 14.2. The minimum Gasteiger partial charge on any atom is -0.324 e. The average Bonchev–Trinajstić information content (AvgIpc) is 3.52. The van der Waals surface area contributed by atoms with Crippen molar-refractivity contribution in [2.24, 2.45) is 5.92 Å². The van der Waals surface area contributed by atoms with Crippen LogP contribution in [0, 0.1) is 5.92 Å². The highest BCUT2D eigenvalue weighted by Crippen LogP contribution is 2.60. The molecule has 3 heterocycles. The van der Waals surface area contributed by atoms with Gasteiger partial charge < -0.3 is 5.32 Å². The van der Waals surface area contributed by atoms with Gasteiger partial charge in [0.1, 0.15) is 5.54 Å². The molecule has 6 rings (SSSR count). The Morgan fingerprint density at radius 3 is 2.43 bits per heavy atom. The second kappa shape index (κ2) is 9.04. The summed E-state index contributed by atoms with van der Waals surface area (Å²) in [7, 11) is 0. The maximum absolute atomic E-state index is 14.2. The number of hydrogen-bond donors (Lipinski definition) is 1. The second-order valence-electron chi connectivity index (χ2n) is 9.15. The third-order valence-electron chi connectivity index (χ3n) is 7.40. The van der Waals surface area contributed by atoms with E-state index in [0.717, 1.165) is 43.0 Å². The minimum atomic E-state index is -1.02. The molecule has 1 amide bonds. The van der Waals surface area contributed by atoms with Crippen molar-refractivity contribution >= 4 is 67.1 Å². The van der Waals surface area contributed by atoms with E-state index >= 15 is 0 Å². The molecule has 0 unspecified atom stereocenters. The summed E-state index contributed by atoms with van der Waals surface area (Å²) >= 11 is 8.84. The lowest BCUT2D eigenvalue weighted by Gasteiger charge is -2.36. The van der Waals surface area contributed by atoms with Gasteiger partial charge in [-0.25, -0.2) is 0 Å². The monoisotopic (exact) mass is 608 g/mol. The van der Waals surface area contributed by atoms with Crippen LogP contribution in [0.5, 0.6) is 0 Å². The van der Waals surface area contributed by atoms with Crippen LogP contribution in [0.25, 0.3) is 6.08 Å². The van der Waals surface area contributed by atoms with E-state index in [9.17, 15) is 9.59 Å². The fraction of sp³-hybridized carbons (Fsp3) is 0.214. The van der Waals surface area contributed by atoms with Crippen molar-refractivity contribution in [3.8, 4) is 0 Å². The Kier molecular flexibility index (Phi) is 6.00. The fourth-order valence-corrected chi connectivity index (χ4v) is 7.83. The average molecular weight is 610 g/mol. The first kappa shape index (κ1) is 23.2. The van der Waals surface area contributed by atoms with Crippen molar-refractivity contribution in [3.05, 3.63) is 105 Å². The number of halogens is 2. The lowest BCUT2D eigenvalue weighted by atomic mass is 9.70. The molecule has 0 aromatic heterocycles. The zero-order valence-corrected chi connectivity index (χ0v) is 22.6. The quantitative estimate of drug-likeness (QED) is 0.346. The van der Waals surface area contributed by atoms with Gasteiger partial charge in [-0.3, -0.25) is 14.5 Å². The van der Waals surface area contributed by atoms with Gasteiger partial charge in [-0.05, 0) is 47.5 Å². The lowest BCUT2D eigenvalue weighted by molar-refractivity contribution is -0.134. The summed E-state index contributed by atoms with van der Waals surface area (Å²) < 4.78 is 1.98. The molecule has 3 aliphatic rings. The minimum absolute atomic E-state index is 0.0212. The number of nitrogens with one attached hydrogen (secondary N) is 1. The molecule has 7 heteroatoms. The van der Waals surface area contributed by atoms with Gasteiger partial charge in [0.15, 0.2) is 5.78 Å². The number of carbonyl (C=O) groups excluding carboxylic acids is 2. The van der Waals surface area contributed by atoms with Gasteiger partial charge in [-0.15, -0.1) is 11.8 Å². The van der Waals surface area contributed by atoms with Gasteiger partial charge in [-0.1, -0.05) is 80.4 Å². The van der Waals surface area contributed by atoms with E-state index < -0.39 is 11.5 Å². The number of carbonyl (C=O) groups is 2. The maximum atomic E-state index is 14.2. The highest BCUT2D eigenvalue weighted by atomic mass is 79.9. The zero-order valence-electron chi connectivity index (χ0n) is 18.7. The predicted molar refractivity (Wildman–Crippen MR) is 148 cm³/mol. The fourth-order valence-electron chi connectivity index (χ4n) is 5.98. The topological polar surface area (TPSA) is 49.4 Å². The van der Waals surface area contributed by atoms with Crippen LogP contribution in [0.15, 0.2) is 87.8 Å². The number of ketones is 1. The normalized spacial score (nSPS) is 27.4. The van der Waals surface area contributed by atoms with Crippen LogP contribution >= 0.6 is 43.6 Å². The molecule has 3 aliphatic heterocycles. The molecule has 2 fully saturated rings. The molecular formula is C28H22Br2N2O2S. The van der Waals surface area contributed by atoms with Crippen molar-refractivity contribution in [2.75, 3.05) is 16.9 Å². The van der Waals surface area contributed by atoms with E-state index in [1.807, 2.05) is 78.5 Å². The van der Waals surface area contributed by atoms with Crippen molar-refractivity contribution < 1.29 is 9.59 Å². The largest absolute Gasteiger partial charge is 0.324 e. The number of hydrogen-bond acceptors (Lipinski definition) is 4. The van der Waals surface area contributed by atoms with Crippen LogP contribution < -0.4 is 5.32 Å². The Morgan fingerprint density at radius 2 is 1.69 bits per heavy atom. The van der Waals surface area contributed by atoms with E-state index in [0.29, 0.717) is 0 Å². The van der Waals surface area contributed by atoms with Crippen LogP contribution in [0.2, 0.25) is 0 Å². The molecule has 2 saturated heterocycles. The number of fused-ring (bicyclic) bond motifs is 4. The van der Waals surface area contributed by atoms with E-state index in [1.54, 1.807) is 6.08 Å². The van der Waals surface area contributed by atoms with Crippen molar-refractivity contribution in [2.45, 2.75) is 17.5 Å². The van der Waals surface area contributed by atoms with Gasteiger partial charge >= 0.3 is 0 Å². The zero-order chi connectivity index (χ0) is 24.2. The summed E-state index contributed by atoms with van der Waals surface area (Å²) in [4.78, 5) is 30.4. The number of thioether (sulfide) groups is 1. The van der Waals surface area contributed by atoms with Crippen LogP contribution in [-0.2, 0) is 15.1 Å². The van der Waals surface area contributed by atoms with Crippen LogP contribution in [0.4, 0.5) is 5.69 Å². The third kappa shape index (κ3) is 3.67. The summed E-state index contributed by atoms with van der Waals surface area (Å²) in [6.07, 6.45) is 3.53. The molecule has 35 heavy (non-hydrogen) atoms. The molecule has 176 valence electrons. The van der Waals surface area contributed by atoms with Gasteiger partial charge in [0.25, 0.3) is 0 Å². The Morgan fingerprint density at radius 1 is 1.00 bits per heavy atom. The molecule has 4 atom stereocenters. The molecular weight excluding hydrogens is 588 g/mol. The van der Waals surface area contributed by atoms with Gasteiger partial charge in [0.05, 0.1) is 5.92 Å². The Labute approximate surface area is 225 Å².